The molecule has 0 unspecified atom stereocenters. The first-order valence-electron chi connectivity index (χ1n) is 10.1. The largest absolute Gasteiger partial charge is 0.444 e. The Bertz CT molecular complexity index is 787. The van der Waals surface area contributed by atoms with E-state index in [9.17, 15) is 4.79 Å². The molecule has 0 aromatic heterocycles. The molecule has 1 aliphatic rings. The van der Waals surface area contributed by atoms with Crippen LogP contribution >= 0.6 is 0 Å². The number of ether oxygens (including phenoxy) is 1. The number of benzene rings is 2. The number of aryl methyl sites for hydroxylation is 1. The molecule has 4 heteroatoms. The number of likely N-dealkylation sites (tertiary alicyclic amines) is 1. The molecule has 2 aromatic rings. The van der Waals surface area contributed by atoms with Crippen LogP contribution in [0.5, 0.6) is 0 Å². The predicted octanol–water partition coefficient (Wildman–Crippen LogP) is 4.89. The Labute approximate surface area is 162 Å². The minimum atomic E-state index is -0.432. The number of fused-ring (bicyclic) bond motifs is 1. The molecule has 0 atom stereocenters. The summed E-state index contributed by atoms with van der Waals surface area (Å²) in [6.07, 6.45) is 2.78. The maximum atomic E-state index is 12.2. The van der Waals surface area contributed by atoms with Crippen LogP contribution in [0, 0.1) is 0 Å². The first kappa shape index (κ1) is 19.7. The maximum Gasteiger partial charge on any atom is 0.410 e. The summed E-state index contributed by atoms with van der Waals surface area (Å²) >= 11 is 0. The Hall–Kier alpha value is -2.07. The number of amides is 1. The molecule has 1 fully saturated rings. The first-order chi connectivity index (χ1) is 12.9. The molecule has 1 aliphatic heterocycles. The van der Waals surface area contributed by atoms with Gasteiger partial charge >= 0.3 is 6.09 Å². The van der Waals surface area contributed by atoms with Crippen molar-refractivity contribution in [2.45, 2.75) is 65.1 Å². The lowest BCUT2D eigenvalue weighted by atomic mass is 9.96. The highest BCUT2D eigenvalue weighted by Gasteiger charge is 2.26. The molecule has 4 nitrogen and oxygen atoms in total. The molecule has 0 aliphatic carbocycles. The number of carbonyl (C=O) groups is 1. The van der Waals surface area contributed by atoms with Crippen molar-refractivity contribution in [3.05, 3.63) is 47.5 Å². The van der Waals surface area contributed by atoms with Gasteiger partial charge in [-0.2, -0.15) is 0 Å². The normalized spacial score (nSPS) is 15.9. The molecule has 0 bridgehead atoms. The van der Waals surface area contributed by atoms with Gasteiger partial charge in [0.2, 0.25) is 0 Å². The smallest absolute Gasteiger partial charge is 0.410 e. The first-order valence-corrected chi connectivity index (χ1v) is 10.1. The van der Waals surface area contributed by atoms with E-state index >= 15 is 0 Å². The number of rotatable bonds is 4. The maximum absolute atomic E-state index is 12.2. The summed E-state index contributed by atoms with van der Waals surface area (Å²) in [5, 5.41) is 6.38. The zero-order valence-corrected chi connectivity index (χ0v) is 17.0. The fraction of sp³-hybridized carbons (Fsp3) is 0.522. The van der Waals surface area contributed by atoms with Crippen LogP contribution in [0.4, 0.5) is 4.79 Å². The van der Waals surface area contributed by atoms with Crippen LogP contribution in [0.2, 0.25) is 0 Å². The average Bonchev–Trinajstić information content (AvgIpc) is 2.64. The number of hydrogen-bond acceptors (Lipinski definition) is 3. The van der Waals surface area contributed by atoms with Crippen molar-refractivity contribution in [2.75, 3.05) is 13.1 Å². The molecular weight excluding hydrogens is 336 g/mol. The molecule has 0 spiro atoms. The van der Waals surface area contributed by atoms with E-state index < -0.39 is 5.60 Å². The van der Waals surface area contributed by atoms with Crippen molar-refractivity contribution in [1.29, 1.82) is 0 Å². The fourth-order valence-corrected chi connectivity index (χ4v) is 3.81. The van der Waals surface area contributed by atoms with E-state index in [1.54, 1.807) is 0 Å². The van der Waals surface area contributed by atoms with Gasteiger partial charge in [0.1, 0.15) is 5.60 Å². The Morgan fingerprint density at radius 2 is 1.85 bits per heavy atom. The third-order valence-electron chi connectivity index (χ3n) is 5.22. The second-order valence-corrected chi connectivity index (χ2v) is 8.40. The van der Waals surface area contributed by atoms with E-state index in [-0.39, 0.29) is 6.09 Å². The van der Waals surface area contributed by atoms with Gasteiger partial charge in [0, 0.05) is 25.7 Å². The average molecular weight is 369 g/mol. The second kappa shape index (κ2) is 8.30. The van der Waals surface area contributed by atoms with Gasteiger partial charge in [0.05, 0.1) is 0 Å². The van der Waals surface area contributed by atoms with Crippen LogP contribution in [0.15, 0.2) is 36.4 Å². The van der Waals surface area contributed by atoms with E-state index in [4.69, 9.17) is 4.74 Å². The molecule has 1 saturated heterocycles. The summed E-state index contributed by atoms with van der Waals surface area (Å²) in [6.45, 7) is 10.3. The molecule has 0 saturated carbocycles. The number of nitrogens with one attached hydrogen (secondary N) is 1. The van der Waals surface area contributed by atoms with Crippen LogP contribution in [0.25, 0.3) is 10.8 Å². The SMILES string of the molecule is CCc1c(CNC2CCN(C(=O)OC(C)(C)C)CC2)ccc2ccccc12. The minimum absolute atomic E-state index is 0.191. The van der Waals surface area contributed by atoms with Crippen molar-refractivity contribution in [1.82, 2.24) is 10.2 Å². The van der Waals surface area contributed by atoms with E-state index in [0.29, 0.717) is 6.04 Å². The van der Waals surface area contributed by atoms with Crippen molar-refractivity contribution in [2.24, 2.45) is 0 Å². The topological polar surface area (TPSA) is 41.6 Å². The summed E-state index contributed by atoms with van der Waals surface area (Å²) in [5.41, 5.74) is 2.39. The van der Waals surface area contributed by atoms with E-state index in [0.717, 1.165) is 38.9 Å². The highest BCUT2D eigenvalue weighted by Crippen LogP contribution is 2.24. The molecular formula is C23H32N2O2. The zero-order valence-electron chi connectivity index (χ0n) is 17.0. The number of carbonyl (C=O) groups excluding carboxylic acids is 1. The molecule has 1 heterocycles. The van der Waals surface area contributed by atoms with Crippen molar-refractivity contribution < 1.29 is 9.53 Å². The van der Waals surface area contributed by atoms with Crippen LogP contribution in [-0.4, -0.2) is 35.7 Å². The van der Waals surface area contributed by atoms with Crippen molar-refractivity contribution >= 4 is 16.9 Å². The van der Waals surface area contributed by atoms with Gasteiger partial charge in [0.15, 0.2) is 0 Å². The molecule has 2 aromatic carbocycles. The molecule has 1 N–H and O–H groups in total. The molecule has 146 valence electrons. The fourth-order valence-electron chi connectivity index (χ4n) is 3.81. The van der Waals surface area contributed by atoms with E-state index in [1.807, 2.05) is 25.7 Å². The number of nitrogens with zero attached hydrogens (tertiary/aromatic N) is 1. The summed E-state index contributed by atoms with van der Waals surface area (Å²) in [5.74, 6) is 0. The lowest BCUT2D eigenvalue weighted by Gasteiger charge is -2.34. The number of piperidine rings is 1. The zero-order chi connectivity index (χ0) is 19.4. The standard InChI is InChI=1S/C23H32N2O2/c1-5-20-18(11-10-17-8-6-7-9-21(17)20)16-24-19-12-14-25(15-13-19)22(26)27-23(2,3)4/h6-11,19,24H,5,12-16H2,1-4H3. The van der Waals surface area contributed by atoms with E-state index in [1.165, 1.54) is 21.9 Å². The van der Waals surface area contributed by atoms with E-state index in [2.05, 4.69) is 48.6 Å². The van der Waals surface area contributed by atoms with Gasteiger partial charge < -0.3 is 15.0 Å². The quantitative estimate of drug-likeness (QED) is 0.835. The van der Waals surface area contributed by atoms with Crippen LogP contribution in [-0.2, 0) is 17.7 Å². The van der Waals surface area contributed by atoms with Gasteiger partial charge in [-0.3, -0.25) is 0 Å². The van der Waals surface area contributed by atoms with Crippen molar-refractivity contribution in [3.63, 3.8) is 0 Å². The Morgan fingerprint density at radius 3 is 2.52 bits per heavy atom. The van der Waals surface area contributed by atoms with Crippen LogP contribution < -0.4 is 5.32 Å². The van der Waals surface area contributed by atoms with Gasteiger partial charge in [-0.25, -0.2) is 4.79 Å². The highest BCUT2D eigenvalue weighted by atomic mass is 16.6. The van der Waals surface area contributed by atoms with Crippen LogP contribution in [0.1, 0.15) is 51.7 Å². The number of hydrogen-bond donors (Lipinski definition) is 1. The molecule has 0 radical (unpaired) electrons. The third kappa shape index (κ3) is 5.01. The van der Waals surface area contributed by atoms with Crippen LogP contribution in [0.3, 0.4) is 0 Å². The summed E-state index contributed by atoms with van der Waals surface area (Å²) in [6, 6.07) is 13.5. The lowest BCUT2D eigenvalue weighted by molar-refractivity contribution is 0.0198. The predicted molar refractivity (Wildman–Crippen MR) is 111 cm³/mol. The summed E-state index contributed by atoms with van der Waals surface area (Å²) in [4.78, 5) is 14.0. The molecule has 3 rings (SSSR count). The van der Waals surface area contributed by atoms with Crippen molar-refractivity contribution in [3.8, 4) is 0 Å². The minimum Gasteiger partial charge on any atom is -0.444 e. The Kier molecular flexibility index (Phi) is 6.05. The van der Waals surface area contributed by atoms with Gasteiger partial charge in [0.25, 0.3) is 0 Å². The second-order valence-electron chi connectivity index (χ2n) is 8.40. The highest BCUT2D eigenvalue weighted by molar-refractivity contribution is 5.86. The third-order valence-corrected chi connectivity index (χ3v) is 5.22. The van der Waals surface area contributed by atoms with Gasteiger partial charge in [-0.05, 0) is 61.9 Å². The Balaban J connectivity index is 1.56. The lowest BCUT2D eigenvalue weighted by Crippen LogP contribution is -2.46. The molecule has 1 amide bonds. The Morgan fingerprint density at radius 1 is 1.15 bits per heavy atom. The van der Waals surface area contributed by atoms with Gasteiger partial charge in [-0.15, -0.1) is 0 Å². The van der Waals surface area contributed by atoms with Gasteiger partial charge in [-0.1, -0.05) is 43.3 Å². The summed E-state index contributed by atoms with van der Waals surface area (Å²) in [7, 11) is 0. The summed E-state index contributed by atoms with van der Waals surface area (Å²) < 4.78 is 5.48. The molecule has 27 heavy (non-hydrogen) atoms. The monoisotopic (exact) mass is 368 g/mol.